The predicted molar refractivity (Wildman–Crippen MR) is 54.3 cm³/mol. The Hall–Kier alpha value is -1.39. The summed E-state index contributed by atoms with van der Waals surface area (Å²) in [6, 6.07) is 6.18. The summed E-state index contributed by atoms with van der Waals surface area (Å²) < 4.78 is 0. The van der Waals surface area contributed by atoms with E-state index in [0.717, 1.165) is 0 Å². The molecule has 0 aliphatic carbocycles. The van der Waals surface area contributed by atoms with Crippen LogP contribution in [0.1, 0.15) is 31.1 Å². The van der Waals surface area contributed by atoms with Crippen LogP contribution >= 0.6 is 0 Å². The third-order valence-electron chi connectivity index (χ3n) is 2.17. The lowest BCUT2D eigenvalue weighted by Crippen LogP contribution is -2.16. The van der Waals surface area contributed by atoms with E-state index in [2.05, 4.69) is 0 Å². The minimum atomic E-state index is -1.51. The summed E-state index contributed by atoms with van der Waals surface area (Å²) in [7, 11) is 0. The van der Waals surface area contributed by atoms with Gasteiger partial charge in [-0.1, -0.05) is 24.3 Å². The molecular formula is C11H14O4. The van der Waals surface area contributed by atoms with Crippen LogP contribution in [0.2, 0.25) is 0 Å². The zero-order valence-corrected chi connectivity index (χ0v) is 8.64. The van der Waals surface area contributed by atoms with E-state index in [1.54, 1.807) is 26.0 Å². The molecule has 0 radical (unpaired) electrons. The summed E-state index contributed by atoms with van der Waals surface area (Å²) in [6.45, 7) is 3.27. The highest BCUT2D eigenvalue weighted by molar-refractivity contribution is 5.73. The number of aliphatic carboxylic acids is 1. The molecule has 0 fully saturated rings. The maximum atomic E-state index is 10.5. The van der Waals surface area contributed by atoms with Crippen molar-refractivity contribution in [1.82, 2.24) is 0 Å². The molecule has 0 bridgehead atoms. The number of aliphatic hydroxyl groups excluding tert-OH is 1. The van der Waals surface area contributed by atoms with Gasteiger partial charge in [0.1, 0.15) is 0 Å². The summed E-state index contributed by atoms with van der Waals surface area (Å²) in [5, 5.41) is 27.4. The highest BCUT2D eigenvalue weighted by atomic mass is 16.4. The van der Waals surface area contributed by atoms with Crippen molar-refractivity contribution in [3.63, 3.8) is 0 Å². The molecule has 0 spiro atoms. The van der Waals surface area contributed by atoms with Crippen molar-refractivity contribution < 1.29 is 20.1 Å². The molecule has 4 heteroatoms. The number of benzene rings is 1. The van der Waals surface area contributed by atoms with Crippen LogP contribution in [0.15, 0.2) is 24.3 Å². The smallest absolute Gasteiger partial charge is 0.337 e. The van der Waals surface area contributed by atoms with Gasteiger partial charge in [-0.25, -0.2) is 4.79 Å². The van der Waals surface area contributed by atoms with Crippen LogP contribution in [-0.4, -0.2) is 21.3 Å². The lowest BCUT2D eigenvalue weighted by Gasteiger charge is -2.18. The van der Waals surface area contributed by atoms with Crippen molar-refractivity contribution in [2.75, 3.05) is 0 Å². The summed E-state index contributed by atoms with van der Waals surface area (Å²) >= 11 is 0. The minimum Gasteiger partial charge on any atom is -0.479 e. The Morgan fingerprint density at radius 2 is 1.73 bits per heavy atom. The van der Waals surface area contributed by atoms with Gasteiger partial charge in [0.25, 0.3) is 0 Å². The van der Waals surface area contributed by atoms with Gasteiger partial charge in [0.2, 0.25) is 0 Å². The first kappa shape index (κ1) is 11.7. The van der Waals surface area contributed by atoms with Gasteiger partial charge in [-0.3, -0.25) is 0 Å². The number of carboxylic acid groups (broad SMARTS) is 1. The second kappa shape index (κ2) is 4.00. The molecule has 0 aromatic heterocycles. The van der Waals surface area contributed by atoms with E-state index in [4.69, 9.17) is 5.11 Å². The third-order valence-corrected chi connectivity index (χ3v) is 2.17. The largest absolute Gasteiger partial charge is 0.479 e. The topological polar surface area (TPSA) is 77.8 Å². The molecule has 0 amide bonds. The predicted octanol–water partition coefficient (Wildman–Crippen LogP) is 1.03. The van der Waals surface area contributed by atoms with Crippen LogP contribution in [0.3, 0.4) is 0 Å². The van der Waals surface area contributed by atoms with Gasteiger partial charge >= 0.3 is 5.97 Å². The Bertz CT molecular complexity index is 348. The number of carbonyl (C=O) groups is 1. The molecule has 0 aliphatic heterocycles. The van der Waals surface area contributed by atoms with E-state index < -0.39 is 17.7 Å². The molecule has 1 aromatic rings. The van der Waals surface area contributed by atoms with E-state index in [9.17, 15) is 15.0 Å². The van der Waals surface area contributed by atoms with Gasteiger partial charge in [0, 0.05) is 0 Å². The number of aliphatic hydroxyl groups is 2. The fourth-order valence-electron chi connectivity index (χ4n) is 1.22. The summed E-state index contributed by atoms with van der Waals surface area (Å²) in [4.78, 5) is 10.5. The lowest BCUT2D eigenvalue weighted by atomic mass is 9.96. The molecule has 1 rings (SSSR count). The molecule has 3 N–H and O–H groups in total. The van der Waals surface area contributed by atoms with Crippen molar-refractivity contribution in [1.29, 1.82) is 0 Å². The van der Waals surface area contributed by atoms with E-state index in [1.807, 2.05) is 0 Å². The fourth-order valence-corrected chi connectivity index (χ4v) is 1.22. The molecular weight excluding hydrogens is 196 g/mol. The van der Waals surface area contributed by atoms with Gasteiger partial charge in [-0.15, -0.1) is 0 Å². The standard InChI is InChI=1S/C11H14O4/c1-11(2,15)8-5-3-7(4-6-8)9(12)10(13)14/h3-6,9,12,15H,1-2H3,(H,13,14). The summed E-state index contributed by atoms with van der Waals surface area (Å²) in [5.41, 5.74) is 0.00604. The highest BCUT2D eigenvalue weighted by Crippen LogP contribution is 2.21. The van der Waals surface area contributed by atoms with E-state index >= 15 is 0 Å². The quantitative estimate of drug-likeness (QED) is 0.696. The molecule has 15 heavy (non-hydrogen) atoms. The number of hydrogen-bond acceptors (Lipinski definition) is 3. The maximum absolute atomic E-state index is 10.5. The van der Waals surface area contributed by atoms with Crippen LogP contribution in [0.5, 0.6) is 0 Å². The zero-order chi connectivity index (χ0) is 11.6. The van der Waals surface area contributed by atoms with Crippen LogP contribution in [-0.2, 0) is 10.4 Å². The highest BCUT2D eigenvalue weighted by Gasteiger charge is 2.18. The molecule has 4 nitrogen and oxygen atoms in total. The van der Waals surface area contributed by atoms with Crippen molar-refractivity contribution in [3.8, 4) is 0 Å². The van der Waals surface area contributed by atoms with Crippen molar-refractivity contribution in [2.45, 2.75) is 25.6 Å². The van der Waals surface area contributed by atoms with Crippen LogP contribution in [0.4, 0.5) is 0 Å². The molecule has 1 aromatic carbocycles. The second-order valence-corrected chi connectivity index (χ2v) is 3.92. The van der Waals surface area contributed by atoms with Gasteiger partial charge < -0.3 is 15.3 Å². The number of hydrogen-bond donors (Lipinski definition) is 3. The van der Waals surface area contributed by atoms with Gasteiger partial charge in [-0.05, 0) is 25.0 Å². The van der Waals surface area contributed by atoms with Gasteiger partial charge in [-0.2, -0.15) is 0 Å². The first-order valence-corrected chi connectivity index (χ1v) is 4.56. The van der Waals surface area contributed by atoms with Crippen LogP contribution in [0, 0.1) is 0 Å². The third kappa shape index (κ3) is 2.78. The number of rotatable bonds is 3. The molecule has 1 unspecified atom stereocenters. The molecule has 0 saturated heterocycles. The van der Waals surface area contributed by atoms with E-state index in [1.165, 1.54) is 12.1 Å². The van der Waals surface area contributed by atoms with E-state index in [-0.39, 0.29) is 0 Å². The van der Waals surface area contributed by atoms with Crippen molar-refractivity contribution in [3.05, 3.63) is 35.4 Å². The van der Waals surface area contributed by atoms with Gasteiger partial charge in [0.15, 0.2) is 6.10 Å². The fraction of sp³-hybridized carbons (Fsp3) is 0.364. The molecule has 1 atom stereocenters. The Morgan fingerprint density at radius 3 is 2.07 bits per heavy atom. The van der Waals surface area contributed by atoms with E-state index in [0.29, 0.717) is 11.1 Å². The summed E-state index contributed by atoms with van der Waals surface area (Å²) in [5.74, 6) is -1.29. The summed E-state index contributed by atoms with van der Waals surface area (Å²) in [6.07, 6.45) is -1.51. The molecule has 82 valence electrons. The van der Waals surface area contributed by atoms with Crippen molar-refractivity contribution >= 4 is 5.97 Å². The molecule has 0 aliphatic rings. The first-order chi connectivity index (χ1) is 6.82. The first-order valence-electron chi connectivity index (χ1n) is 4.56. The average molecular weight is 210 g/mol. The van der Waals surface area contributed by atoms with Crippen molar-refractivity contribution in [2.24, 2.45) is 0 Å². The second-order valence-electron chi connectivity index (χ2n) is 3.92. The average Bonchev–Trinajstić information content (AvgIpc) is 2.15. The Labute approximate surface area is 87.8 Å². The number of carboxylic acids is 1. The Balaban J connectivity index is 2.95. The zero-order valence-electron chi connectivity index (χ0n) is 8.64. The Kier molecular flexibility index (Phi) is 3.12. The normalized spacial score (nSPS) is 13.6. The molecule has 0 heterocycles. The SMILES string of the molecule is CC(C)(O)c1ccc(C(O)C(=O)O)cc1. The lowest BCUT2D eigenvalue weighted by molar-refractivity contribution is -0.146. The maximum Gasteiger partial charge on any atom is 0.337 e. The van der Waals surface area contributed by atoms with Crippen LogP contribution in [0.25, 0.3) is 0 Å². The van der Waals surface area contributed by atoms with Gasteiger partial charge in [0.05, 0.1) is 5.60 Å². The van der Waals surface area contributed by atoms with Crippen LogP contribution < -0.4 is 0 Å². The monoisotopic (exact) mass is 210 g/mol. The Morgan fingerprint density at radius 1 is 1.27 bits per heavy atom. The molecule has 0 saturated carbocycles. The minimum absolute atomic E-state index is 0.301.